The van der Waals surface area contributed by atoms with E-state index in [-0.39, 0.29) is 0 Å². The van der Waals surface area contributed by atoms with Crippen molar-refractivity contribution >= 4 is 49.8 Å². The fourth-order valence-electron chi connectivity index (χ4n) is 7.91. The quantitative estimate of drug-likeness (QED) is 0.166. The van der Waals surface area contributed by atoms with E-state index in [1.165, 1.54) is 33.0 Å². The zero-order valence-electron chi connectivity index (χ0n) is 29.6. The average molecular weight is 690 g/mol. The van der Waals surface area contributed by atoms with Crippen LogP contribution in [-0.2, 0) is 0 Å². The maximum atomic E-state index is 6.82. The van der Waals surface area contributed by atoms with E-state index in [2.05, 4.69) is 217 Å². The first-order chi connectivity index (χ1) is 26.8. The van der Waals surface area contributed by atoms with Gasteiger partial charge < -0.3 is 9.32 Å². The van der Waals surface area contributed by atoms with Crippen molar-refractivity contribution in [1.82, 2.24) is 0 Å². The summed E-state index contributed by atoms with van der Waals surface area (Å²) >= 11 is 0. The van der Waals surface area contributed by atoms with Gasteiger partial charge in [-0.3, -0.25) is 0 Å². The van der Waals surface area contributed by atoms with Crippen LogP contribution in [0.2, 0.25) is 0 Å². The molecule has 54 heavy (non-hydrogen) atoms. The summed E-state index contributed by atoms with van der Waals surface area (Å²) in [5.41, 5.74) is 14.4. The van der Waals surface area contributed by atoms with Crippen molar-refractivity contribution in [1.29, 1.82) is 0 Å². The molecule has 1 heterocycles. The van der Waals surface area contributed by atoms with Gasteiger partial charge in [-0.05, 0) is 80.6 Å². The Morgan fingerprint density at radius 1 is 0.241 bits per heavy atom. The molecule has 0 aliphatic heterocycles. The molecule has 0 aliphatic rings. The van der Waals surface area contributed by atoms with E-state index in [4.69, 9.17) is 4.42 Å². The summed E-state index contributed by atoms with van der Waals surface area (Å²) in [6, 6.07) is 75.6. The van der Waals surface area contributed by atoms with E-state index in [1.54, 1.807) is 0 Å². The highest BCUT2D eigenvalue weighted by Crippen LogP contribution is 2.43. The van der Waals surface area contributed by atoms with Gasteiger partial charge in [0.05, 0.1) is 0 Å². The van der Waals surface area contributed by atoms with E-state index >= 15 is 0 Å². The summed E-state index contributed by atoms with van der Waals surface area (Å²) in [7, 11) is 0. The van der Waals surface area contributed by atoms with Crippen LogP contribution in [0.3, 0.4) is 0 Å². The molecule has 254 valence electrons. The first-order valence-electron chi connectivity index (χ1n) is 18.4. The highest BCUT2D eigenvalue weighted by atomic mass is 16.3. The van der Waals surface area contributed by atoms with Gasteiger partial charge in [-0.1, -0.05) is 176 Å². The Morgan fingerprint density at radius 2 is 0.648 bits per heavy atom. The molecule has 9 aromatic carbocycles. The molecule has 0 saturated heterocycles. The molecule has 0 amide bonds. The van der Waals surface area contributed by atoms with Crippen molar-refractivity contribution in [3.05, 3.63) is 212 Å². The van der Waals surface area contributed by atoms with Crippen molar-refractivity contribution in [2.75, 3.05) is 4.90 Å². The minimum Gasteiger partial charge on any atom is -0.455 e. The van der Waals surface area contributed by atoms with E-state index in [0.717, 1.165) is 61.3 Å². The third-order valence-corrected chi connectivity index (χ3v) is 10.5. The molecule has 2 heteroatoms. The van der Waals surface area contributed by atoms with E-state index in [9.17, 15) is 0 Å². The summed E-state index contributed by atoms with van der Waals surface area (Å²) in [5, 5.41) is 4.66. The molecule has 0 unspecified atom stereocenters. The summed E-state index contributed by atoms with van der Waals surface area (Å²) in [6.07, 6.45) is 0. The van der Waals surface area contributed by atoms with Gasteiger partial charge in [0.2, 0.25) is 0 Å². The lowest BCUT2D eigenvalue weighted by atomic mass is 9.91. The van der Waals surface area contributed by atoms with Crippen LogP contribution in [0.4, 0.5) is 17.1 Å². The Labute approximate surface area is 314 Å². The Balaban J connectivity index is 1.04. The Kier molecular flexibility index (Phi) is 7.85. The molecule has 10 rings (SSSR count). The monoisotopic (exact) mass is 689 g/mol. The number of para-hydroxylation sites is 3. The molecular weight excluding hydrogens is 655 g/mol. The largest absolute Gasteiger partial charge is 0.455 e. The number of anilines is 3. The maximum absolute atomic E-state index is 6.82. The lowest BCUT2D eigenvalue weighted by molar-refractivity contribution is 0.671. The second kappa shape index (κ2) is 13.4. The summed E-state index contributed by atoms with van der Waals surface area (Å²) in [5.74, 6) is 0. The molecule has 1 aromatic heterocycles. The Morgan fingerprint density at radius 3 is 1.28 bits per heavy atom. The van der Waals surface area contributed by atoms with Crippen molar-refractivity contribution in [2.45, 2.75) is 0 Å². The van der Waals surface area contributed by atoms with Crippen molar-refractivity contribution in [3.8, 4) is 44.5 Å². The third-order valence-electron chi connectivity index (χ3n) is 10.5. The molecule has 0 atom stereocenters. The molecule has 2 nitrogen and oxygen atoms in total. The first-order valence-corrected chi connectivity index (χ1v) is 18.4. The van der Waals surface area contributed by atoms with Crippen LogP contribution in [0.1, 0.15) is 0 Å². The molecule has 0 N–H and O–H groups in total. The minimum absolute atomic E-state index is 0.913. The molecular formula is C52H35NO. The molecule has 0 fully saturated rings. The SMILES string of the molecule is c1ccc(-c2ccc(N(c3ccccc3)c3ccc(-c4ccc(-c5cccc6c5oc5c(-c7ccccc7)cccc56)c5ccccc45)cc3)cc2)cc1. The van der Waals surface area contributed by atoms with Gasteiger partial charge in [0.1, 0.15) is 11.2 Å². The number of nitrogens with zero attached hydrogens (tertiary/aromatic N) is 1. The van der Waals surface area contributed by atoms with Crippen LogP contribution < -0.4 is 4.90 Å². The van der Waals surface area contributed by atoms with Crippen LogP contribution in [0.15, 0.2) is 217 Å². The standard InChI is InChI=1S/C52H35NO/c1-4-14-36(15-5-1)37-26-30-41(31-27-37)53(40-18-8-3-9-19-40)42-32-28-39(29-33-42)43-34-35-47(46-21-11-10-20-45(43)46)48-23-13-25-50-49-24-12-22-44(51(49)54-52(48)50)38-16-6-2-7-17-38/h1-35H. The van der Waals surface area contributed by atoms with Gasteiger partial charge in [-0.25, -0.2) is 0 Å². The van der Waals surface area contributed by atoms with E-state index in [1.807, 2.05) is 0 Å². The summed E-state index contributed by atoms with van der Waals surface area (Å²) < 4.78 is 6.82. The highest BCUT2D eigenvalue weighted by molar-refractivity contribution is 6.15. The van der Waals surface area contributed by atoms with E-state index < -0.39 is 0 Å². The fourth-order valence-corrected chi connectivity index (χ4v) is 7.91. The number of rotatable bonds is 7. The Bertz CT molecular complexity index is 2890. The van der Waals surface area contributed by atoms with Gasteiger partial charge in [-0.15, -0.1) is 0 Å². The first kappa shape index (κ1) is 31.6. The molecule has 0 spiro atoms. The van der Waals surface area contributed by atoms with Gasteiger partial charge in [0.15, 0.2) is 0 Å². The minimum atomic E-state index is 0.913. The van der Waals surface area contributed by atoms with Crippen LogP contribution in [-0.4, -0.2) is 0 Å². The normalized spacial score (nSPS) is 11.3. The maximum Gasteiger partial charge on any atom is 0.143 e. The van der Waals surface area contributed by atoms with Gasteiger partial charge in [0.25, 0.3) is 0 Å². The number of fused-ring (bicyclic) bond motifs is 4. The van der Waals surface area contributed by atoms with Crippen LogP contribution in [0.25, 0.3) is 77.2 Å². The lowest BCUT2D eigenvalue weighted by Crippen LogP contribution is -2.09. The molecule has 10 aromatic rings. The zero-order valence-corrected chi connectivity index (χ0v) is 29.6. The molecule has 0 bridgehead atoms. The summed E-state index contributed by atoms with van der Waals surface area (Å²) in [4.78, 5) is 2.32. The van der Waals surface area contributed by atoms with Gasteiger partial charge >= 0.3 is 0 Å². The van der Waals surface area contributed by atoms with Crippen molar-refractivity contribution in [3.63, 3.8) is 0 Å². The van der Waals surface area contributed by atoms with Crippen LogP contribution in [0.5, 0.6) is 0 Å². The fraction of sp³-hybridized carbons (Fsp3) is 0. The third kappa shape index (κ3) is 5.53. The average Bonchev–Trinajstić information content (AvgIpc) is 3.64. The molecule has 0 radical (unpaired) electrons. The van der Waals surface area contributed by atoms with Crippen molar-refractivity contribution < 1.29 is 4.42 Å². The molecule has 0 aliphatic carbocycles. The second-order valence-electron chi connectivity index (χ2n) is 13.7. The van der Waals surface area contributed by atoms with Gasteiger partial charge in [-0.2, -0.15) is 0 Å². The van der Waals surface area contributed by atoms with E-state index in [0.29, 0.717) is 0 Å². The van der Waals surface area contributed by atoms with Crippen molar-refractivity contribution in [2.24, 2.45) is 0 Å². The topological polar surface area (TPSA) is 16.4 Å². The number of hydrogen-bond donors (Lipinski definition) is 0. The number of furan rings is 1. The van der Waals surface area contributed by atoms with Crippen LogP contribution >= 0.6 is 0 Å². The number of benzene rings is 9. The zero-order chi connectivity index (χ0) is 35.8. The summed E-state index contributed by atoms with van der Waals surface area (Å²) in [6.45, 7) is 0. The highest BCUT2D eigenvalue weighted by Gasteiger charge is 2.18. The smallest absolute Gasteiger partial charge is 0.143 e. The number of hydrogen-bond acceptors (Lipinski definition) is 2. The second-order valence-corrected chi connectivity index (χ2v) is 13.7. The predicted molar refractivity (Wildman–Crippen MR) is 228 cm³/mol. The Hall–Kier alpha value is -7.16. The van der Waals surface area contributed by atoms with Crippen LogP contribution in [0, 0.1) is 0 Å². The molecule has 0 saturated carbocycles. The van der Waals surface area contributed by atoms with Gasteiger partial charge in [0, 0.05) is 39.0 Å². The lowest BCUT2D eigenvalue weighted by Gasteiger charge is -2.26. The predicted octanol–water partition coefficient (Wildman–Crippen LogP) is 14.9.